The number of hydrogen-bond acceptors (Lipinski definition) is 3. The summed E-state index contributed by atoms with van der Waals surface area (Å²) in [4.78, 5) is 9.06. The molecule has 2 N–H and O–H groups in total. The third kappa shape index (κ3) is 2.16. The molecule has 5 nitrogen and oxygen atoms in total. The minimum atomic E-state index is 0.242. The molecule has 0 saturated heterocycles. The van der Waals surface area contributed by atoms with Crippen LogP contribution >= 0.6 is 11.6 Å². The molecule has 0 bridgehead atoms. The Hall–Kier alpha value is -2.53. The lowest BCUT2D eigenvalue weighted by molar-refractivity contribution is 0.727. The van der Waals surface area contributed by atoms with Crippen LogP contribution in [0.4, 0.5) is 5.95 Å². The number of hydrogen-bond donors (Lipinski definition) is 2. The van der Waals surface area contributed by atoms with Crippen LogP contribution in [0.5, 0.6) is 0 Å². The van der Waals surface area contributed by atoms with Crippen molar-refractivity contribution < 1.29 is 0 Å². The highest BCUT2D eigenvalue weighted by Gasteiger charge is 2.44. The van der Waals surface area contributed by atoms with Gasteiger partial charge in [-0.05, 0) is 36.6 Å². The summed E-state index contributed by atoms with van der Waals surface area (Å²) >= 11 is 6.02. The summed E-state index contributed by atoms with van der Waals surface area (Å²) in [6.45, 7) is 0.872. The van der Waals surface area contributed by atoms with Crippen LogP contribution in [0.1, 0.15) is 18.4 Å². The van der Waals surface area contributed by atoms with Gasteiger partial charge in [0, 0.05) is 17.0 Å². The van der Waals surface area contributed by atoms with E-state index in [9.17, 15) is 0 Å². The summed E-state index contributed by atoms with van der Waals surface area (Å²) in [5.74, 6) is 1.40. The average molecular weight is 338 g/mol. The smallest absolute Gasteiger partial charge is 0.253 e. The Labute approximate surface area is 143 Å². The van der Waals surface area contributed by atoms with Crippen LogP contribution in [0.15, 0.2) is 48.5 Å². The van der Waals surface area contributed by atoms with E-state index in [0.717, 1.165) is 23.5 Å². The number of benzene rings is 2. The van der Waals surface area contributed by atoms with Crippen molar-refractivity contribution in [2.75, 3.05) is 11.9 Å². The van der Waals surface area contributed by atoms with E-state index in [-0.39, 0.29) is 5.41 Å². The van der Waals surface area contributed by atoms with E-state index < -0.39 is 0 Å². The minimum absolute atomic E-state index is 0.242. The van der Waals surface area contributed by atoms with Gasteiger partial charge < -0.3 is 5.32 Å². The number of nitrogens with zero attached hydrogens (tertiary/aromatic N) is 3. The Morgan fingerprint density at radius 3 is 2.75 bits per heavy atom. The van der Waals surface area contributed by atoms with Crippen molar-refractivity contribution >= 4 is 34.4 Å². The van der Waals surface area contributed by atoms with Gasteiger partial charge in [-0.15, -0.1) is 0 Å². The van der Waals surface area contributed by atoms with Gasteiger partial charge in [0.1, 0.15) is 0 Å². The summed E-state index contributed by atoms with van der Waals surface area (Å²) in [5.41, 5.74) is 3.45. The molecular formula is C18H16ClN5. The van der Waals surface area contributed by atoms with Crippen LogP contribution in [-0.4, -0.2) is 26.1 Å². The topological polar surface area (TPSA) is 58.0 Å². The molecule has 2 aromatic carbocycles. The van der Waals surface area contributed by atoms with E-state index >= 15 is 0 Å². The molecule has 2 aromatic heterocycles. The van der Waals surface area contributed by atoms with Gasteiger partial charge in [0.05, 0.1) is 11.0 Å². The monoisotopic (exact) mass is 337 g/mol. The zero-order valence-electron chi connectivity index (χ0n) is 13.0. The largest absolute Gasteiger partial charge is 0.354 e. The molecule has 1 aliphatic rings. The molecule has 1 aliphatic carbocycles. The molecule has 0 unspecified atom stereocenters. The summed E-state index contributed by atoms with van der Waals surface area (Å²) in [6.07, 6.45) is 2.42. The van der Waals surface area contributed by atoms with E-state index in [4.69, 9.17) is 11.6 Å². The lowest BCUT2D eigenvalue weighted by Gasteiger charge is -2.15. The van der Waals surface area contributed by atoms with Gasteiger partial charge in [-0.3, -0.25) is 5.10 Å². The highest BCUT2D eigenvalue weighted by atomic mass is 35.5. The summed E-state index contributed by atoms with van der Waals surface area (Å²) in [5, 5.41) is 7.40. The highest BCUT2D eigenvalue weighted by molar-refractivity contribution is 6.31. The van der Waals surface area contributed by atoms with Crippen LogP contribution in [0, 0.1) is 0 Å². The zero-order valence-corrected chi connectivity index (χ0v) is 13.7. The molecule has 24 heavy (non-hydrogen) atoms. The van der Waals surface area contributed by atoms with Crippen molar-refractivity contribution in [2.45, 2.75) is 18.3 Å². The Morgan fingerprint density at radius 1 is 1.12 bits per heavy atom. The number of aromatic nitrogens is 4. The van der Waals surface area contributed by atoms with Crippen molar-refractivity contribution in [3.05, 3.63) is 59.1 Å². The van der Waals surface area contributed by atoms with E-state index in [1.807, 2.05) is 22.7 Å². The Balaban J connectivity index is 1.42. The standard InChI is InChI=1S/C18H16ClN5/c19-13-6-7-15-14(10-13)21-17-22-16(23-24(15)17)20-11-18(8-9-18)12-4-2-1-3-5-12/h1-7,10H,8-9,11H2,(H2,20,21,22,23). The second-order valence-corrected chi connectivity index (χ2v) is 6.89. The number of imidazole rings is 1. The maximum atomic E-state index is 6.02. The Morgan fingerprint density at radius 2 is 1.96 bits per heavy atom. The second-order valence-electron chi connectivity index (χ2n) is 6.45. The number of rotatable bonds is 4. The van der Waals surface area contributed by atoms with Crippen LogP contribution in [-0.2, 0) is 5.41 Å². The van der Waals surface area contributed by atoms with Crippen molar-refractivity contribution in [1.82, 2.24) is 19.6 Å². The van der Waals surface area contributed by atoms with Crippen LogP contribution < -0.4 is 5.32 Å². The Bertz CT molecular complexity index is 1030. The number of halogens is 1. The van der Waals surface area contributed by atoms with Gasteiger partial charge in [0.25, 0.3) is 5.78 Å². The molecule has 6 heteroatoms. The molecule has 120 valence electrons. The predicted molar refractivity (Wildman–Crippen MR) is 95.7 cm³/mol. The predicted octanol–water partition coefficient (Wildman–Crippen LogP) is 4.01. The lowest BCUT2D eigenvalue weighted by Crippen LogP contribution is -2.20. The highest BCUT2D eigenvalue weighted by Crippen LogP contribution is 2.47. The van der Waals surface area contributed by atoms with Crippen molar-refractivity contribution in [1.29, 1.82) is 0 Å². The quantitative estimate of drug-likeness (QED) is 0.591. The molecule has 2 heterocycles. The van der Waals surface area contributed by atoms with Crippen molar-refractivity contribution in [3.63, 3.8) is 0 Å². The molecule has 0 amide bonds. The van der Waals surface area contributed by atoms with Gasteiger partial charge >= 0.3 is 0 Å². The van der Waals surface area contributed by atoms with E-state index in [0.29, 0.717) is 10.8 Å². The molecule has 1 fully saturated rings. The normalized spacial score (nSPS) is 15.9. The molecular weight excluding hydrogens is 322 g/mol. The van der Waals surface area contributed by atoms with Crippen LogP contribution in [0.2, 0.25) is 5.02 Å². The molecule has 5 rings (SSSR count). The third-order valence-corrected chi connectivity index (χ3v) is 5.10. The molecule has 0 atom stereocenters. The fourth-order valence-electron chi connectivity index (χ4n) is 3.30. The van der Waals surface area contributed by atoms with Crippen molar-refractivity contribution in [3.8, 4) is 0 Å². The first-order valence-corrected chi connectivity index (χ1v) is 8.45. The van der Waals surface area contributed by atoms with Crippen molar-refractivity contribution in [2.24, 2.45) is 0 Å². The van der Waals surface area contributed by atoms with Gasteiger partial charge in [0.2, 0.25) is 5.95 Å². The van der Waals surface area contributed by atoms with E-state index in [1.165, 1.54) is 18.4 Å². The molecule has 0 aliphatic heterocycles. The lowest BCUT2D eigenvalue weighted by atomic mass is 9.96. The van der Waals surface area contributed by atoms with Gasteiger partial charge in [-0.2, -0.15) is 4.98 Å². The first-order valence-electron chi connectivity index (χ1n) is 8.07. The summed E-state index contributed by atoms with van der Waals surface area (Å²) in [6, 6.07) is 16.3. The average Bonchev–Trinajstić information content (AvgIpc) is 3.18. The van der Waals surface area contributed by atoms with Crippen LogP contribution in [0.3, 0.4) is 0 Å². The minimum Gasteiger partial charge on any atom is -0.354 e. The third-order valence-electron chi connectivity index (χ3n) is 4.86. The number of aromatic amines is 1. The van der Waals surface area contributed by atoms with Gasteiger partial charge in [0.15, 0.2) is 0 Å². The summed E-state index contributed by atoms with van der Waals surface area (Å²) in [7, 11) is 0. The van der Waals surface area contributed by atoms with E-state index in [2.05, 4.69) is 50.7 Å². The van der Waals surface area contributed by atoms with Gasteiger partial charge in [-0.25, -0.2) is 9.50 Å². The number of anilines is 1. The molecule has 4 aromatic rings. The maximum Gasteiger partial charge on any atom is 0.253 e. The SMILES string of the molecule is Clc1ccc2c(c1)nc1nc(NCC3(c4ccccc4)CC3)[nH]n12. The van der Waals surface area contributed by atoms with Gasteiger partial charge in [-0.1, -0.05) is 41.9 Å². The number of fused-ring (bicyclic) bond motifs is 3. The molecule has 0 radical (unpaired) electrons. The second kappa shape index (κ2) is 4.98. The number of H-pyrrole nitrogens is 1. The molecule has 1 saturated carbocycles. The zero-order chi connectivity index (χ0) is 16.1. The molecule has 0 spiro atoms. The maximum absolute atomic E-state index is 6.02. The number of nitrogens with one attached hydrogen (secondary N) is 2. The first kappa shape index (κ1) is 13.9. The summed E-state index contributed by atoms with van der Waals surface area (Å²) < 4.78 is 1.89. The fourth-order valence-corrected chi connectivity index (χ4v) is 3.47. The fraction of sp³-hybridized carbons (Fsp3) is 0.222. The van der Waals surface area contributed by atoms with E-state index in [1.54, 1.807) is 0 Å². The van der Waals surface area contributed by atoms with Crippen LogP contribution in [0.25, 0.3) is 16.8 Å². The first-order chi connectivity index (χ1) is 11.7. The Kier molecular flexibility index (Phi) is 2.88.